The van der Waals surface area contributed by atoms with Gasteiger partial charge in [0.25, 0.3) is 0 Å². The summed E-state index contributed by atoms with van der Waals surface area (Å²) < 4.78 is 5.35. The maximum atomic E-state index is 12.3. The quantitative estimate of drug-likeness (QED) is 0.746. The second-order valence-electron chi connectivity index (χ2n) is 8.79. The van der Waals surface area contributed by atoms with Gasteiger partial charge in [0, 0.05) is 50.6 Å². The molecule has 7 nitrogen and oxygen atoms in total. The van der Waals surface area contributed by atoms with E-state index in [-0.39, 0.29) is 0 Å². The zero-order valence-electron chi connectivity index (χ0n) is 17.5. The molecule has 7 heteroatoms. The number of hydrogen-bond acceptors (Lipinski definition) is 6. The predicted molar refractivity (Wildman–Crippen MR) is 111 cm³/mol. The summed E-state index contributed by atoms with van der Waals surface area (Å²) in [5.41, 5.74) is 1.43. The molecule has 0 radical (unpaired) electrons. The fraction of sp³-hybridized carbons (Fsp3) is 0.591. The number of likely N-dealkylation sites (N-methyl/N-ethyl adjacent to an activating group) is 1. The van der Waals surface area contributed by atoms with E-state index >= 15 is 0 Å². The van der Waals surface area contributed by atoms with Crippen molar-refractivity contribution < 1.29 is 9.21 Å². The van der Waals surface area contributed by atoms with Crippen LogP contribution in [0.15, 0.2) is 35.2 Å². The summed E-state index contributed by atoms with van der Waals surface area (Å²) in [6, 6.07) is 3.71. The van der Waals surface area contributed by atoms with Crippen LogP contribution in [-0.2, 0) is 11.3 Å². The van der Waals surface area contributed by atoms with Crippen LogP contribution < -0.4 is 0 Å². The third-order valence-corrected chi connectivity index (χ3v) is 6.34. The van der Waals surface area contributed by atoms with Gasteiger partial charge in [-0.2, -0.15) is 0 Å². The molecular formula is C22H31N5O2. The first-order valence-corrected chi connectivity index (χ1v) is 10.5. The van der Waals surface area contributed by atoms with Crippen LogP contribution in [-0.4, -0.2) is 77.4 Å². The van der Waals surface area contributed by atoms with E-state index in [2.05, 4.69) is 38.8 Å². The zero-order chi connectivity index (χ0) is 20.3. The molecule has 2 aliphatic heterocycles. The first kappa shape index (κ1) is 20.0. The molecule has 156 valence electrons. The Bertz CT molecular complexity index is 795. The first-order valence-electron chi connectivity index (χ1n) is 10.5. The van der Waals surface area contributed by atoms with E-state index in [1.807, 2.05) is 24.5 Å². The molecule has 2 aliphatic rings. The smallest absolute Gasteiger partial charge is 0.222 e. The number of amides is 1. The molecule has 4 heterocycles. The number of carbonyl (C=O) groups excluding carboxylic acids is 1. The summed E-state index contributed by atoms with van der Waals surface area (Å²) in [5.74, 6) is 1.65. The summed E-state index contributed by atoms with van der Waals surface area (Å²) in [6.07, 6.45) is 9.49. The number of nitrogens with zero attached hydrogens (tertiary/aromatic N) is 5. The summed E-state index contributed by atoms with van der Waals surface area (Å²) in [5, 5.41) is 0. The van der Waals surface area contributed by atoms with Gasteiger partial charge in [-0.1, -0.05) is 0 Å². The third-order valence-electron chi connectivity index (χ3n) is 6.34. The normalized spacial score (nSPS) is 20.0. The SMILES string of the molecule is CN(C)CCN1CC2(CCC1=O)CCN(Cc1cnc(-c3ccco3)nc1)CC2. The zero-order valence-corrected chi connectivity index (χ0v) is 17.5. The highest BCUT2D eigenvalue weighted by Gasteiger charge is 2.40. The van der Waals surface area contributed by atoms with E-state index in [0.717, 1.165) is 64.1 Å². The average Bonchev–Trinajstić information content (AvgIpc) is 3.26. The molecule has 1 amide bonds. The van der Waals surface area contributed by atoms with Crippen molar-refractivity contribution in [1.29, 1.82) is 0 Å². The lowest BCUT2D eigenvalue weighted by molar-refractivity contribution is -0.139. The van der Waals surface area contributed by atoms with E-state index in [1.165, 1.54) is 0 Å². The Morgan fingerprint density at radius 3 is 2.59 bits per heavy atom. The molecule has 0 bridgehead atoms. The van der Waals surface area contributed by atoms with E-state index in [1.54, 1.807) is 6.26 Å². The molecule has 0 aromatic carbocycles. The van der Waals surface area contributed by atoms with Gasteiger partial charge in [-0.15, -0.1) is 0 Å². The number of likely N-dealkylation sites (tertiary alicyclic amines) is 2. The lowest BCUT2D eigenvalue weighted by Gasteiger charge is -2.47. The fourth-order valence-corrected chi connectivity index (χ4v) is 4.45. The molecule has 0 N–H and O–H groups in total. The third kappa shape index (κ3) is 4.85. The molecule has 0 atom stereocenters. The minimum Gasteiger partial charge on any atom is -0.461 e. The monoisotopic (exact) mass is 397 g/mol. The van der Waals surface area contributed by atoms with Crippen LogP contribution in [0.25, 0.3) is 11.6 Å². The largest absolute Gasteiger partial charge is 0.461 e. The molecule has 2 saturated heterocycles. The molecule has 1 spiro atoms. The van der Waals surface area contributed by atoms with Crippen LogP contribution in [0.1, 0.15) is 31.2 Å². The van der Waals surface area contributed by atoms with Crippen molar-refractivity contribution in [3.05, 3.63) is 36.4 Å². The van der Waals surface area contributed by atoms with Gasteiger partial charge >= 0.3 is 0 Å². The number of aromatic nitrogens is 2. The molecule has 2 aromatic heterocycles. The molecule has 4 rings (SSSR count). The van der Waals surface area contributed by atoms with Crippen molar-refractivity contribution in [1.82, 2.24) is 24.7 Å². The Hall–Kier alpha value is -2.25. The van der Waals surface area contributed by atoms with Gasteiger partial charge in [0.1, 0.15) is 0 Å². The minimum absolute atomic E-state index is 0.302. The predicted octanol–water partition coefficient (Wildman–Crippen LogP) is 2.50. The topological polar surface area (TPSA) is 65.7 Å². The first-order chi connectivity index (χ1) is 14.0. The Labute approximate surface area is 172 Å². The highest BCUT2D eigenvalue weighted by molar-refractivity contribution is 5.77. The van der Waals surface area contributed by atoms with Crippen LogP contribution in [0.3, 0.4) is 0 Å². The van der Waals surface area contributed by atoms with Crippen molar-refractivity contribution >= 4 is 5.91 Å². The molecule has 0 unspecified atom stereocenters. The Kier molecular flexibility index (Phi) is 5.96. The van der Waals surface area contributed by atoms with Gasteiger partial charge in [0.05, 0.1) is 6.26 Å². The van der Waals surface area contributed by atoms with Crippen LogP contribution >= 0.6 is 0 Å². The van der Waals surface area contributed by atoms with Crippen molar-refractivity contribution in [2.45, 2.75) is 32.2 Å². The number of rotatable bonds is 6. The second-order valence-corrected chi connectivity index (χ2v) is 8.79. The lowest BCUT2D eigenvalue weighted by Crippen LogP contribution is -2.52. The van der Waals surface area contributed by atoms with Crippen LogP contribution in [0.4, 0.5) is 0 Å². The van der Waals surface area contributed by atoms with E-state index in [4.69, 9.17) is 4.42 Å². The van der Waals surface area contributed by atoms with Gasteiger partial charge in [-0.25, -0.2) is 9.97 Å². The number of furan rings is 1. The van der Waals surface area contributed by atoms with Crippen LogP contribution in [0, 0.1) is 5.41 Å². The standard InChI is InChI=1S/C22H31N5O2/c1-25(2)11-12-27-17-22(6-5-20(27)28)7-9-26(10-8-22)16-18-14-23-21(24-15-18)19-4-3-13-29-19/h3-4,13-15H,5-12,16-17H2,1-2H3. The summed E-state index contributed by atoms with van der Waals surface area (Å²) in [4.78, 5) is 27.9. The molecule has 0 saturated carbocycles. The van der Waals surface area contributed by atoms with Gasteiger partial charge < -0.3 is 14.2 Å². The van der Waals surface area contributed by atoms with Crippen LogP contribution in [0.2, 0.25) is 0 Å². The highest BCUT2D eigenvalue weighted by atomic mass is 16.3. The number of carbonyl (C=O) groups is 1. The Balaban J connectivity index is 1.30. The maximum Gasteiger partial charge on any atom is 0.222 e. The molecule has 2 aromatic rings. The summed E-state index contributed by atoms with van der Waals surface area (Å²) >= 11 is 0. The second kappa shape index (κ2) is 8.63. The maximum absolute atomic E-state index is 12.3. The van der Waals surface area contributed by atoms with Gasteiger partial charge in [-0.3, -0.25) is 9.69 Å². The van der Waals surface area contributed by atoms with Crippen molar-refractivity contribution in [2.24, 2.45) is 5.41 Å². The summed E-state index contributed by atoms with van der Waals surface area (Å²) in [7, 11) is 4.13. The summed E-state index contributed by atoms with van der Waals surface area (Å²) in [6.45, 7) is 5.70. The number of piperidine rings is 2. The fourth-order valence-electron chi connectivity index (χ4n) is 4.45. The molecule has 29 heavy (non-hydrogen) atoms. The minimum atomic E-state index is 0.302. The van der Waals surface area contributed by atoms with Crippen molar-refractivity contribution in [3.8, 4) is 11.6 Å². The Morgan fingerprint density at radius 2 is 1.93 bits per heavy atom. The molecular weight excluding hydrogens is 366 g/mol. The van der Waals surface area contributed by atoms with Gasteiger partial charge in [0.2, 0.25) is 5.91 Å². The lowest BCUT2D eigenvalue weighted by atomic mass is 9.72. The van der Waals surface area contributed by atoms with Crippen LogP contribution in [0.5, 0.6) is 0 Å². The van der Waals surface area contributed by atoms with Crippen molar-refractivity contribution in [2.75, 3.05) is 46.8 Å². The van der Waals surface area contributed by atoms with Crippen molar-refractivity contribution in [3.63, 3.8) is 0 Å². The van der Waals surface area contributed by atoms with E-state index < -0.39 is 0 Å². The average molecular weight is 398 g/mol. The van der Waals surface area contributed by atoms with Gasteiger partial charge in [0.15, 0.2) is 11.6 Å². The highest BCUT2D eigenvalue weighted by Crippen LogP contribution is 2.40. The Morgan fingerprint density at radius 1 is 1.17 bits per heavy atom. The molecule has 2 fully saturated rings. The van der Waals surface area contributed by atoms with E-state index in [9.17, 15) is 4.79 Å². The van der Waals surface area contributed by atoms with E-state index in [0.29, 0.717) is 29.3 Å². The number of hydrogen-bond donors (Lipinski definition) is 0. The molecule has 0 aliphatic carbocycles. The van der Waals surface area contributed by atoms with Gasteiger partial charge in [-0.05, 0) is 64.0 Å².